The van der Waals surface area contributed by atoms with Crippen LogP contribution in [0.5, 0.6) is 11.5 Å². The van der Waals surface area contributed by atoms with Crippen molar-refractivity contribution in [1.82, 2.24) is 0 Å². The van der Waals surface area contributed by atoms with Crippen molar-refractivity contribution in [3.8, 4) is 11.5 Å². The van der Waals surface area contributed by atoms with Gasteiger partial charge in [0.15, 0.2) is 6.10 Å². The molecule has 0 aliphatic carbocycles. The van der Waals surface area contributed by atoms with E-state index in [1.807, 2.05) is 6.92 Å². The summed E-state index contributed by atoms with van der Waals surface area (Å²) in [6.45, 7) is 2.56. The van der Waals surface area contributed by atoms with Crippen LogP contribution in [0.4, 0.5) is 17.1 Å². The van der Waals surface area contributed by atoms with Gasteiger partial charge in [-0.3, -0.25) is 24.5 Å². The fourth-order valence-electron chi connectivity index (χ4n) is 4.75. The van der Waals surface area contributed by atoms with Crippen molar-refractivity contribution >= 4 is 44.8 Å². The van der Waals surface area contributed by atoms with Gasteiger partial charge in [-0.15, -0.1) is 0 Å². The smallest absolute Gasteiger partial charge is 0.271 e. The summed E-state index contributed by atoms with van der Waals surface area (Å²) in [5.74, 6) is -0.589. The summed E-state index contributed by atoms with van der Waals surface area (Å²) < 4.78 is 11.6. The molecule has 0 N–H and O–H groups in total. The number of benzene rings is 3. The second-order valence-electron chi connectivity index (χ2n) is 8.85. The Bertz CT molecular complexity index is 1400. The third kappa shape index (κ3) is 4.48. The molecule has 0 saturated carbocycles. The minimum absolute atomic E-state index is 0.137. The lowest BCUT2D eigenvalue weighted by atomic mass is 9.90. The SMILES string of the molecule is CCCOc1ccc(N2C(=O)C3ON(c4cccc([N+](=O)[O-])c4)C(c4ccc(OC)c(Br)c4)C3C2=O)cc1. The zero-order valence-corrected chi connectivity index (χ0v) is 22.2. The molecular formula is C27H24BrN3O7. The maximum absolute atomic E-state index is 13.8. The van der Waals surface area contributed by atoms with Gasteiger partial charge in [-0.05, 0) is 70.4 Å². The number of fused-ring (bicyclic) bond motifs is 1. The van der Waals surface area contributed by atoms with Crippen molar-refractivity contribution in [2.75, 3.05) is 23.7 Å². The van der Waals surface area contributed by atoms with Crippen LogP contribution in [0, 0.1) is 16.0 Å². The first-order chi connectivity index (χ1) is 18.3. The number of carbonyl (C=O) groups excluding carboxylic acids is 2. The minimum atomic E-state index is -1.11. The molecule has 0 bridgehead atoms. The number of nitrogens with zero attached hydrogens (tertiary/aromatic N) is 3. The van der Waals surface area contributed by atoms with Crippen LogP contribution in [0.25, 0.3) is 0 Å². The maximum Gasteiger partial charge on any atom is 0.271 e. The summed E-state index contributed by atoms with van der Waals surface area (Å²) >= 11 is 3.49. The summed E-state index contributed by atoms with van der Waals surface area (Å²) in [5.41, 5.74) is 1.30. The molecule has 10 nitrogen and oxygen atoms in total. The molecule has 3 unspecified atom stereocenters. The standard InChI is InChI=1S/C27H24BrN3O7/c1-3-13-37-20-10-8-17(9-11-20)29-26(32)23-24(16-7-12-22(36-2)21(28)14-16)30(38-25(23)27(29)33)18-5-4-6-19(15-18)31(34)35/h4-12,14-15,23-25H,3,13H2,1-2H3. The normalized spacial score (nSPS) is 20.6. The van der Waals surface area contributed by atoms with E-state index in [9.17, 15) is 19.7 Å². The lowest BCUT2D eigenvalue weighted by Gasteiger charge is -2.29. The van der Waals surface area contributed by atoms with Gasteiger partial charge in [0.25, 0.3) is 11.6 Å². The quantitative estimate of drug-likeness (QED) is 0.202. The van der Waals surface area contributed by atoms with Crippen molar-refractivity contribution in [3.05, 3.63) is 86.9 Å². The number of hydroxylamine groups is 1. The molecule has 3 aromatic carbocycles. The fourth-order valence-corrected chi connectivity index (χ4v) is 5.31. The Labute approximate surface area is 226 Å². The molecule has 3 aromatic rings. The van der Waals surface area contributed by atoms with E-state index in [4.69, 9.17) is 14.3 Å². The van der Waals surface area contributed by atoms with Crippen molar-refractivity contribution in [2.45, 2.75) is 25.5 Å². The van der Waals surface area contributed by atoms with Crippen molar-refractivity contribution < 1.29 is 28.8 Å². The number of nitro groups is 1. The second-order valence-corrected chi connectivity index (χ2v) is 9.70. The van der Waals surface area contributed by atoms with Gasteiger partial charge in [0.05, 0.1) is 40.5 Å². The first kappa shape index (κ1) is 25.7. The van der Waals surface area contributed by atoms with Crippen molar-refractivity contribution in [1.29, 1.82) is 0 Å². The predicted octanol–water partition coefficient (Wildman–Crippen LogP) is 5.21. The summed E-state index contributed by atoms with van der Waals surface area (Å²) in [5, 5.41) is 12.8. The number of non-ortho nitro benzene ring substituents is 1. The second kappa shape index (κ2) is 10.4. The average Bonchev–Trinajstić information content (AvgIpc) is 3.43. The summed E-state index contributed by atoms with van der Waals surface area (Å²) in [7, 11) is 1.54. The molecular weight excluding hydrogens is 558 g/mol. The predicted molar refractivity (Wildman–Crippen MR) is 142 cm³/mol. The van der Waals surface area contributed by atoms with Crippen LogP contribution in [0.15, 0.2) is 71.2 Å². The molecule has 196 valence electrons. The summed E-state index contributed by atoms with van der Waals surface area (Å²) in [6, 6.07) is 17.2. The van der Waals surface area contributed by atoms with E-state index in [0.717, 1.165) is 11.3 Å². The molecule has 2 aliphatic rings. The highest BCUT2D eigenvalue weighted by Crippen LogP contribution is 2.48. The van der Waals surface area contributed by atoms with Gasteiger partial charge in [-0.2, -0.15) is 0 Å². The third-order valence-corrected chi connectivity index (χ3v) is 7.12. The van der Waals surface area contributed by atoms with E-state index in [1.54, 1.807) is 55.6 Å². The van der Waals surface area contributed by atoms with Gasteiger partial charge in [0.1, 0.15) is 17.4 Å². The average molecular weight is 582 g/mol. The highest BCUT2D eigenvalue weighted by molar-refractivity contribution is 9.10. The molecule has 38 heavy (non-hydrogen) atoms. The van der Waals surface area contributed by atoms with E-state index >= 15 is 0 Å². The van der Waals surface area contributed by atoms with E-state index in [-0.39, 0.29) is 5.69 Å². The van der Waals surface area contributed by atoms with E-state index in [0.29, 0.717) is 39.5 Å². The number of halogens is 1. The van der Waals surface area contributed by atoms with Crippen LogP contribution >= 0.6 is 15.9 Å². The van der Waals surface area contributed by atoms with Crippen molar-refractivity contribution in [2.24, 2.45) is 5.92 Å². The van der Waals surface area contributed by atoms with E-state index in [1.165, 1.54) is 23.3 Å². The lowest BCUT2D eigenvalue weighted by Crippen LogP contribution is -2.37. The summed E-state index contributed by atoms with van der Waals surface area (Å²) in [4.78, 5) is 45.5. The first-order valence-corrected chi connectivity index (χ1v) is 12.8. The Morgan fingerprint density at radius 3 is 2.45 bits per heavy atom. The van der Waals surface area contributed by atoms with Gasteiger partial charge >= 0.3 is 0 Å². The number of methoxy groups -OCH3 is 1. The topological polar surface area (TPSA) is 111 Å². The highest BCUT2D eigenvalue weighted by atomic mass is 79.9. The van der Waals surface area contributed by atoms with Crippen molar-refractivity contribution in [3.63, 3.8) is 0 Å². The van der Waals surface area contributed by atoms with E-state index < -0.39 is 34.8 Å². The Balaban J connectivity index is 1.54. The number of ether oxygens (including phenoxy) is 2. The molecule has 0 radical (unpaired) electrons. The largest absolute Gasteiger partial charge is 0.496 e. The third-order valence-electron chi connectivity index (χ3n) is 6.50. The monoisotopic (exact) mass is 581 g/mol. The number of rotatable bonds is 8. The minimum Gasteiger partial charge on any atom is -0.496 e. The summed E-state index contributed by atoms with van der Waals surface area (Å²) in [6.07, 6.45) is -0.251. The number of carbonyl (C=O) groups is 2. The van der Waals surface area contributed by atoms with Gasteiger partial charge in [-0.25, -0.2) is 9.96 Å². The Morgan fingerprint density at radius 2 is 1.79 bits per heavy atom. The molecule has 2 aliphatic heterocycles. The molecule has 11 heteroatoms. The molecule has 2 heterocycles. The number of hydrogen-bond acceptors (Lipinski definition) is 8. The number of nitro benzene ring substituents is 1. The van der Waals surface area contributed by atoms with Gasteiger partial charge < -0.3 is 9.47 Å². The van der Waals surface area contributed by atoms with Crippen LogP contribution in [0.3, 0.4) is 0 Å². The van der Waals surface area contributed by atoms with Crippen LogP contribution < -0.4 is 19.4 Å². The molecule has 2 fully saturated rings. The van der Waals surface area contributed by atoms with Crippen LogP contribution in [-0.4, -0.2) is 36.6 Å². The molecule has 0 aromatic heterocycles. The molecule has 5 rings (SSSR count). The van der Waals surface area contributed by atoms with Crippen LogP contribution in [-0.2, 0) is 14.4 Å². The molecule has 3 atom stereocenters. The van der Waals surface area contributed by atoms with Gasteiger partial charge in [-0.1, -0.05) is 19.1 Å². The fraction of sp³-hybridized carbons (Fsp3) is 0.259. The Kier molecular flexibility index (Phi) is 7.04. The highest BCUT2D eigenvalue weighted by Gasteiger charge is 2.60. The zero-order valence-electron chi connectivity index (χ0n) is 20.6. The maximum atomic E-state index is 13.8. The molecule has 2 saturated heterocycles. The van der Waals surface area contributed by atoms with Gasteiger partial charge in [0.2, 0.25) is 5.91 Å². The number of imide groups is 1. The molecule has 0 spiro atoms. The lowest BCUT2D eigenvalue weighted by molar-refractivity contribution is -0.384. The van der Waals surface area contributed by atoms with Crippen LogP contribution in [0.1, 0.15) is 24.9 Å². The number of anilines is 2. The van der Waals surface area contributed by atoms with E-state index in [2.05, 4.69) is 15.9 Å². The zero-order chi connectivity index (χ0) is 27.0. The Hall–Kier alpha value is -3.96. The first-order valence-electron chi connectivity index (χ1n) is 12.0. The number of amides is 2. The molecule has 2 amide bonds. The Morgan fingerprint density at radius 1 is 1.03 bits per heavy atom. The van der Waals surface area contributed by atoms with Gasteiger partial charge in [0, 0.05) is 12.1 Å². The van der Waals surface area contributed by atoms with Crippen LogP contribution in [0.2, 0.25) is 0 Å². The number of hydrogen-bond donors (Lipinski definition) is 0.